The summed E-state index contributed by atoms with van der Waals surface area (Å²) in [4.78, 5) is 11.9. The number of benzene rings is 3. The van der Waals surface area contributed by atoms with E-state index in [0.29, 0.717) is 6.54 Å². The summed E-state index contributed by atoms with van der Waals surface area (Å²) in [5, 5.41) is 4.05. The van der Waals surface area contributed by atoms with Gasteiger partial charge in [-0.1, -0.05) is 0 Å². The molecule has 1 amide bonds. The van der Waals surface area contributed by atoms with Crippen molar-refractivity contribution in [2.24, 2.45) is 0 Å². The first-order valence-corrected chi connectivity index (χ1v) is 16.0. The van der Waals surface area contributed by atoms with Crippen molar-refractivity contribution in [2.45, 2.75) is 45.6 Å². The predicted octanol–water partition coefficient (Wildman–Crippen LogP) is 6.52. The Morgan fingerprint density at radius 3 is 1.58 bits per heavy atom. The molecule has 1 N–H and O–H groups in total. The van der Waals surface area contributed by atoms with Gasteiger partial charge in [-0.3, -0.25) is 0 Å². The van der Waals surface area contributed by atoms with Crippen LogP contribution in [0.1, 0.15) is 40.0 Å². The van der Waals surface area contributed by atoms with Gasteiger partial charge in [-0.2, -0.15) is 0 Å². The van der Waals surface area contributed by atoms with Crippen molar-refractivity contribution in [1.82, 2.24) is 5.32 Å². The zero-order valence-corrected chi connectivity index (χ0v) is 22.3. The summed E-state index contributed by atoms with van der Waals surface area (Å²) in [6.45, 7) is 6.25. The molecule has 0 fully saturated rings. The molecule has 176 valence electrons. The van der Waals surface area contributed by atoms with Crippen LogP contribution in [0.25, 0.3) is 0 Å². The Kier molecular flexibility index (Phi) is 8.37. The van der Waals surface area contributed by atoms with E-state index in [1.165, 1.54) is 15.9 Å². The second-order valence-corrected chi connectivity index (χ2v) is 18.5. The summed E-state index contributed by atoms with van der Waals surface area (Å²) in [6, 6.07) is 32.6. The van der Waals surface area contributed by atoms with Crippen LogP contribution in [-0.4, -0.2) is 24.4 Å². The molecule has 5 heteroatoms. The van der Waals surface area contributed by atoms with E-state index >= 15 is 0 Å². The van der Waals surface area contributed by atoms with Gasteiger partial charge in [-0.25, -0.2) is 0 Å². The number of unbranched alkanes of at least 4 members (excludes halogenated alkanes) is 2. The van der Waals surface area contributed by atoms with Gasteiger partial charge < -0.3 is 0 Å². The maximum atomic E-state index is 11.9. The summed E-state index contributed by atoms with van der Waals surface area (Å²) < 4.78 is 5.34. The van der Waals surface area contributed by atoms with E-state index in [-0.39, 0.29) is 6.09 Å². The summed E-state index contributed by atoms with van der Waals surface area (Å²) in [5.41, 5.74) is -0.474. The topological polar surface area (TPSA) is 38.3 Å². The van der Waals surface area contributed by atoms with E-state index in [2.05, 4.69) is 112 Å². The SMILES string of the molecule is CC(C)(C)OC(=O)NCCCCCP(Br)(c1ccccc1)(c1ccccc1)c1ccccc1. The minimum absolute atomic E-state index is 0.347. The summed E-state index contributed by atoms with van der Waals surface area (Å²) in [7, 11) is 0. The number of hydrogen-bond donors (Lipinski definition) is 1. The van der Waals surface area contributed by atoms with Gasteiger partial charge in [0.25, 0.3) is 0 Å². The molecule has 0 radical (unpaired) electrons. The van der Waals surface area contributed by atoms with Crippen molar-refractivity contribution in [3.05, 3.63) is 91.0 Å². The van der Waals surface area contributed by atoms with E-state index in [9.17, 15) is 4.79 Å². The average Bonchev–Trinajstić information content (AvgIpc) is 2.82. The van der Waals surface area contributed by atoms with E-state index in [1.54, 1.807) is 0 Å². The molecule has 0 bridgehead atoms. The van der Waals surface area contributed by atoms with E-state index < -0.39 is 10.9 Å². The van der Waals surface area contributed by atoms with Crippen molar-refractivity contribution in [3.63, 3.8) is 0 Å². The number of carbonyl (C=O) groups excluding carboxylic acids is 1. The standard InChI is InChI=1S/C28H35BrNO2P/c1-28(2,3)32-27(31)30-22-14-7-15-23-33(29,24-16-8-4-9-17-24,25-18-10-5-11-19-25)26-20-12-6-13-21-26/h4-6,8-13,16-21H,7,14-15,22-23H2,1-3H3,(H,30,31). The van der Waals surface area contributed by atoms with Crippen molar-refractivity contribution in [2.75, 3.05) is 12.7 Å². The van der Waals surface area contributed by atoms with Crippen molar-refractivity contribution in [3.8, 4) is 0 Å². The van der Waals surface area contributed by atoms with Crippen molar-refractivity contribution in [1.29, 1.82) is 0 Å². The molecular formula is C28H35BrNO2P. The monoisotopic (exact) mass is 527 g/mol. The van der Waals surface area contributed by atoms with Crippen LogP contribution in [0.3, 0.4) is 0 Å². The summed E-state index contributed by atoms with van der Waals surface area (Å²) >= 11 is 4.48. The molecule has 0 spiro atoms. The molecule has 0 unspecified atom stereocenters. The normalized spacial score (nSPS) is 13.0. The fourth-order valence-corrected chi connectivity index (χ4v) is 12.0. The van der Waals surface area contributed by atoms with Crippen LogP contribution in [0.2, 0.25) is 0 Å². The number of nitrogens with one attached hydrogen (secondary N) is 1. The Balaban J connectivity index is 1.83. The molecule has 3 aromatic carbocycles. The summed E-state index contributed by atoms with van der Waals surface area (Å²) in [5.74, 6) is 0. The molecule has 0 aliphatic carbocycles. The Bertz CT molecular complexity index is 921. The summed E-state index contributed by atoms with van der Waals surface area (Å²) in [6.07, 6.45) is 3.64. The number of alkyl carbamates (subject to hydrolysis) is 1. The van der Waals surface area contributed by atoms with E-state index in [1.807, 2.05) is 20.8 Å². The Labute approximate surface area is 206 Å². The number of rotatable bonds is 9. The quantitative estimate of drug-likeness (QED) is 0.254. The molecule has 3 rings (SSSR count). The fraction of sp³-hybridized carbons (Fsp3) is 0.321. The van der Waals surface area contributed by atoms with E-state index in [4.69, 9.17) is 4.74 Å². The number of carbonyl (C=O) groups is 1. The van der Waals surface area contributed by atoms with Crippen LogP contribution in [0.15, 0.2) is 91.0 Å². The first kappa shape index (κ1) is 25.5. The first-order chi connectivity index (χ1) is 15.7. The van der Waals surface area contributed by atoms with Crippen LogP contribution in [0.5, 0.6) is 0 Å². The molecule has 0 heterocycles. The van der Waals surface area contributed by atoms with Gasteiger partial charge in [0.1, 0.15) is 0 Å². The fourth-order valence-electron chi connectivity index (χ4n) is 4.27. The number of amides is 1. The predicted molar refractivity (Wildman–Crippen MR) is 147 cm³/mol. The van der Waals surface area contributed by atoms with Crippen LogP contribution in [0, 0.1) is 0 Å². The maximum absolute atomic E-state index is 11.9. The molecule has 3 aromatic rings. The van der Waals surface area contributed by atoms with Crippen molar-refractivity contribution >= 4 is 42.8 Å². The van der Waals surface area contributed by atoms with Crippen molar-refractivity contribution < 1.29 is 9.53 Å². The molecule has 0 aliphatic heterocycles. The van der Waals surface area contributed by atoms with Gasteiger partial charge in [0, 0.05) is 0 Å². The third-order valence-electron chi connectivity index (χ3n) is 5.81. The van der Waals surface area contributed by atoms with E-state index in [0.717, 1.165) is 25.4 Å². The van der Waals surface area contributed by atoms with Crippen LogP contribution in [-0.2, 0) is 4.74 Å². The second kappa shape index (κ2) is 10.8. The molecule has 0 saturated heterocycles. The van der Waals surface area contributed by atoms with Gasteiger partial charge in [-0.15, -0.1) is 0 Å². The number of hydrogen-bond acceptors (Lipinski definition) is 2. The molecular weight excluding hydrogens is 493 g/mol. The van der Waals surface area contributed by atoms with Crippen LogP contribution >= 0.6 is 20.8 Å². The Morgan fingerprint density at radius 2 is 1.18 bits per heavy atom. The van der Waals surface area contributed by atoms with Gasteiger partial charge >= 0.3 is 207 Å². The Morgan fingerprint density at radius 1 is 0.758 bits per heavy atom. The first-order valence-electron chi connectivity index (χ1n) is 11.6. The van der Waals surface area contributed by atoms with Gasteiger partial charge in [-0.05, 0) is 0 Å². The molecule has 3 nitrogen and oxygen atoms in total. The number of ether oxygens (including phenoxy) is 1. The zero-order valence-electron chi connectivity index (χ0n) is 19.8. The number of halogens is 1. The van der Waals surface area contributed by atoms with Crippen LogP contribution < -0.4 is 21.2 Å². The average molecular weight is 528 g/mol. The molecule has 33 heavy (non-hydrogen) atoms. The van der Waals surface area contributed by atoms with Gasteiger partial charge in [0.15, 0.2) is 0 Å². The zero-order chi connectivity index (χ0) is 23.8. The minimum atomic E-state index is -2.85. The molecule has 0 saturated carbocycles. The third-order valence-corrected chi connectivity index (χ3v) is 15.8. The van der Waals surface area contributed by atoms with Gasteiger partial charge in [0.05, 0.1) is 0 Å². The molecule has 0 aromatic heterocycles. The second-order valence-electron chi connectivity index (χ2n) is 9.40. The van der Waals surface area contributed by atoms with Gasteiger partial charge in [0.2, 0.25) is 0 Å². The molecule has 0 atom stereocenters. The Hall–Kier alpha value is -2.16. The van der Waals surface area contributed by atoms with Crippen LogP contribution in [0.4, 0.5) is 4.79 Å². The molecule has 0 aliphatic rings. The third kappa shape index (κ3) is 6.05.